The SMILES string of the molecule is C[C@H](N)C(=O)N1CCSCC1c1ccccc1.Cl. The molecule has 1 amide bonds. The van der Waals surface area contributed by atoms with Crippen LogP contribution in [0.2, 0.25) is 0 Å². The van der Waals surface area contributed by atoms with Crippen LogP contribution in [0.5, 0.6) is 0 Å². The lowest BCUT2D eigenvalue weighted by Gasteiger charge is -2.36. The van der Waals surface area contributed by atoms with E-state index in [4.69, 9.17) is 5.73 Å². The summed E-state index contributed by atoms with van der Waals surface area (Å²) in [7, 11) is 0. The lowest BCUT2D eigenvalue weighted by atomic mass is 10.1. The van der Waals surface area contributed by atoms with E-state index in [1.165, 1.54) is 5.56 Å². The molecule has 0 bridgehead atoms. The van der Waals surface area contributed by atoms with Gasteiger partial charge in [-0.2, -0.15) is 11.8 Å². The van der Waals surface area contributed by atoms with Crippen molar-refractivity contribution >= 4 is 30.1 Å². The maximum atomic E-state index is 12.1. The summed E-state index contributed by atoms with van der Waals surface area (Å²) in [6.45, 7) is 2.55. The number of amides is 1. The molecular formula is C13H19ClN2OS. The van der Waals surface area contributed by atoms with Crippen LogP contribution in [-0.2, 0) is 4.79 Å². The highest BCUT2D eigenvalue weighted by Gasteiger charge is 2.29. The lowest BCUT2D eigenvalue weighted by Crippen LogP contribution is -2.47. The summed E-state index contributed by atoms with van der Waals surface area (Å²) in [5.74, 6) is 2.02. The smallest absolute Gasteiger partial charge is 0.239 e. The fraction of sp³-hybridized carbons (Fsp3) is 0.462. The maximum absolute atomic E-state index is 12.1. The van der Waals surface area contributed by atoms with E-state index in [0.717, 1.165) is 18.1 Å². The molecule has 0 aromatic heterocycles. The van der Waals surface area contributed by atoms with E-state index in [-0.39, 0.29) is 24.4 Å². The molecule has 100 valence electrons. The highest BCUT2D eigenvalue weighted by Crippen LogP contribution is 2.29. The Morgan fingerprint density at radius 2 is 2.11 bits per heavy atom. The van der Waals surface area contributed by atoms with Crippen molar-refractivity contribution < 1.29 is 4.79 Å². The summed E-state index contributed by atoms with van der Waals surface area (Å²) in [4.78, 5) is 14.0. The molecule has 2 atom stereocenters. The third kappa shape index (κ3) is 3.40. The molecule has 1 aromatic carbocycles. The van der Waals surface area contributed by atoms with Crippen LogP contribution in [0.25, 0.3) is 0 Å². The normalized spacial score (nSPS) is 21.0. The predicted molar refractivity (Wildman–Crippen MR) is 79.1 cm³/mol. The molecule has 0 radical (unpaired) electrons. The monoisotopic (exact) mass is 286 g/mol. The first-order valence-electron chi connectivity index (χ1n) is 5.89. The summed E-state index contributed by atoms with van der Waals surface area (Å²) in [5.41, 5.74) is 6.91. The van der Waals surface area contributed by atoms with Gasteiger partial charge in [-0.15, -0.1) is 12.4 Å². The zero-order valence-corrected chi connectivity index (χ0v) is 12.0. The summed E-state index contributed by atoms with van der Waals surface area (Å²) < 4.78 is 0. The Labute approximate surface area is 119 Å². The van der Waals surface area contributed by atoms with Crippen LogP contribution in [-0.4, -0.2) is 34.9 Å². The van der Waals surface area contributed by atoms with Gasteiger partial charge in [0.2, 0.25) is 5.91 Å². The molecule has 0 aliphatic carbocycles. The third-order valence-corrected chi connectivity index (χ3v) is 4.01. The van der Waals surface area contributed by atoms with Crippen LogP contribution in [0.1, 0.15) is 18.5 Å². The van der Waals surface area contributed by atoms with Crippen molar-refractivity contribution in [1.29, 1.82) is 0 Å². The molecule has 1 fully saturated rings. The van der Waals surface area contributed by atoms with Gasteiger partial charge in [0.1, 0.15) is 0 Å². The van der Waals surface area contributed by atoms with Crippen LogP contribution in [0.15, 0.2) is 30.3 Å². The molecule has 3 nitrogen and oxygen atoms in total. The Morgan fingerprint density at radius 1 is 1.44 bits per heavy atom. The second-order valence-corrected chi connectivity index (χ2v) is 5.47. The van der Waals surface area contributed by atoms with Crippen LogP contribution in [0, 0.1) is 0 Å². The number of carbonyl (C=O) groups excluding carboxylic acids is 1. The summed E-state index contributed by atoms with van der Waals surface area (Å²) in [6.07, 6.45) is 0. The second-order valence-electron chi connectivity index (χ2n) is 4.32. The fourth-order valence-electron chi connectivity index (χ4n) is 2.08. The van der Waals surface area contributed by atoms with Gasteiger partial charge >= 0.3 is 0 Å². The van der Waals surface area contributed by atoms with E-state index in [1.807, 2.05) is 34.9 Å². The first kappa shape index (κ1) is 15.3. The molecule has 1 saturated heterocycles. The van der Waals surface area contributed by atoms with Crippen molar-refractivity contribution in [3.8, 4) is 0 Å². The van der Waals surface area contributed by atoms with Gasteiger partial charge in [-0.25, -0.2) is 0 Å². The zero-order valence-electron chi connectivity index (χ0n) is 10.4. The molecule has 2 rings (SSSR count). The summed E-state index contributed by atoms with van der Waals surface area (Å²) >= 11 is 1.90. The average Bonchev–Trinajstić information content (AvgIpc) is 2.39. The number of hydrogen-bond donors (Lipinski definition) is 1. The Morgan fingerprint density at radius 3 is 2.72 bits per heavy atom. The number of hydrogen-bond acceptors (Lipinski definition) is 3. The number of benzene rings is 1. The lowest BCUT2D eigenvalue weighted by molar-refractivity contribution is -0.134. The van der Waals surface area contributed by atoms with Crippen molar-refractivity contribution in [2.75, 3.05) is 18.1 Å². The van der Waals surface area contributed by atoms with Crippen LogP contribution < -0.4 is 5.73 Å². The number of thioether (sulfide) groups is 1. The molecule has 1 unspecified atom stereocenters. The van der Waals surface area contributed by atoms with Gasteiger partial charge in [0, 0.05) is 18.1 Å². The molecule has 2 N–H and O–H groups in total. The van der Waals surface area contributed by atoms with Gasteiger partial charge in [0.05, 0.1) is 12.1 Å². The molecular weight excluding hydrogens is 268 g/mol. The number of nitrogens with two attached hydrogens (primary N) is 1. The quantitative estimate of drug-likeness (QED) is 0.905. The van der Waals surface area contributed by atoms with Crippen molar-refractivity contribution in [3.05, 3.63) is 35.9 Å². The molecule has 1 aliphatic rings. The Kier molecular flexibility index (Phi) is 5.99. The van der Waals surface area contributed by atoms with Gasteiger partial charge in [-0.1, -0.05) is 30.3 Å². The van der Waals surface area contributed by atoms with Gasteiger partial charge in [-0.05, 0) is 12.5 Å². The summed E-state index contributed by atoms with van der Waals surface area (Å²) in [5, 5.41) is 0. The Balaban J connectivity index is 0.00000162. The largest absolute Gasteiger partial charge is 0.333 e. The average molecular weight is 287 g/mol. The van der Waals surface area contributed by atoms with E-state index in [1.54, 1.807) is 6.92 Å². The number of carbonyl (C=O) groups is 1. The summed E-state index contributed by atoms with van der Waals surface area (Å²) in [6, 6.07) is 9.96. The Hall–Kier alpha value is -0.710. The number of rotatable bonds is 2. The molecule has 18 heavy (non-hydrogen) atoms. The van der Waals surface area contributed by atoms with Gasteiger partial charge < -0.3 is 10.6 Å². The first-order valence-corrected chi connectivity index (χ1v) is 7.04. The van der Waals surface area contributed by atoms with Crippen molar-refractivity contribution in [1.82, 2.24) is 4.90 Å². The molecule has 1 aromatic rings. The van der Waals surface area contributed by atoms with Crippen LogP contribution in [0.4, 0.5) is 0 Å². The van der Waals surface area contributed by atoms with E-state index in [9.17, 15) is 4.79 Å². The highest BCUT2D eigenvalue weighted by molar-refractivity contribution is 7.99. The van der Waals surface area contributed by atoms with Crippen molar-refractivity contribution in [3.63, 3.8) is 0 Å². The van der Waals surface area contributed by atoms with Crippen LogP contribution >= 0.6 is 24.2 Å². The fourth-order valence-corrected chi connectivity index (χ4v) is 3.17. The van der Waals surface area contributed by atoms with E-state index >= 15 is 0 Å². The minimum Gasteiger partial charge on any atom is -0.333 e. The first-order chi connectivity index (χ1) is 8.20. The van der Waals surface area contributed by atoms with Gasteiger partial charge in [0.25, 0.3) is 0 Å². The predicted octanol–water partition coefficient (Wildman–Crippen LogP) is 2.07. The van der Waals surface area contributed by atoms with Crippen molar-refractivity contribution in [2.24, 2.45) is 5.73 Å². The van der Waals surface area contributed by atoms with E-state index < -0.39 is 6.04 Å². The third-order valence-electron chi connectivity index (χ3n) is 2.99. The second kappa shape index (κ2) is 7.02. The molecule has 0 spiro atoms. The molecule has 1 heterocycles. The molecule has 0 saturated carbocycles. The number of nitrogens with zero attached hydrogens (tertiary/aromatic N) is 1. The van der Waals surface area contributed by atoms with Crippen LogP contribution in [0.3, 0.4) is 0 Å². The van der Waals surface area contributed by atoms with Gasteiger partial charge in [0.15, 0.2) is 0 Å². The van der Waals surface area contributed by atoms with E-state index in [2.05, 4.69) is 12.1 Å². The standard InChI is InChI=1S/C13H18N2OS.ClH/c1-10(14)13(16)15-7-8-17-9-12(15)11-5-3-2-4-6-11;/h2-6,10,12H,7-9,14H2,1H3;1H/t10-,12?;/m0./s1. The number of halogens is 1. The highest BCUT2D eigenvalue weighted by atomic mass is 35.5. The zero-order chi connectivity index (χ0) is 12.3. The maximum Gasteiger partial charge on any atom is 0.239 e. The van der Waals surface area contributed by atoms with Gasteiger partial charge in [-0.3, -0.25) is 4.79 Å². The molecule has 1 aliphatic heterocycles. The molecule has 5 heteroatoms. The minimum atomic E-state index is -0.413. The minimum absolute atomic E-state index is 0. The van der Waals surface area contributed by atoms with Crippen molar-refractivity contribution in [2.45, 2.75) is 19.0 Å². The Bertz CT molecular complexity index is 386. The topological polar surface area (TPSA) is 46.3 Å². The van der Waals surface area contributed by atoms with E-state index in [0.29, 0.717) is 0 Å².